The third-order valence-corrected chi connectivity index (χ3v) is 1.54. The van der Waals surface area contributed by atoms with Crippen LogP contribution in [-0.2, 0) is 0 Å². The van der Waals surface area contributed by atoms with E-state index >= 15 is 0 Å². The van der Waals surface area contributed by atoms with E-state index in [0.717, 1.165) is 23.8 Å². The van der Waals surface area contributed by atoms with E-state index < -0.39 is 0 Å². The van der Waals surface area contributed by atoms with E-state index in [4.69, 9.17) is 16.3 Å². The Morgan fingerprint density at radius 2 is 1.71 bits per heavy atom. The van der Waals surface area contributed by atoms with E-state index in [1.54, 1.807) is 0 Å². The second kappa shape index (κ2) is 8.85. The number of halogens is 1. The summed E-state index contributed by atoms with van der Waals surface area (Å²) >= 11 is 5.69. The van der Waals surface area contributed by atoms with Gasteiger partial charge in [-0.05, 0) is 44.8 Å². The van der Waals surface area contributed by atoms with Crippen LogP contribution in [0.5, 0.6) is 5.75 Å². The van der Waals surface area contributed by atoms with E-state index in [1.807, 2.05) is 38.4 Å². The van der Waals surface area contributed by atoms with Crippen molar-refractivity contribution in [2.24, 2.45) is 0 Å². The Labute approximate surface area is 91.2 Å². The first kappa shape index (κ1) is 13.3. The van der Waals surface area contributed by atoms with Crippen LogP contribution in [0, 0.1) is 0 Å². The van der Waals surface area contributed by atoms with Crippen LogP contribution in [0.2, 0.25) is 5.02 Å². The predicted octanol–water partition coefficient (Wildman–Crippen LogP) is 2.96. The van der Waals surface area contributed by atoms with Crippen molar-refractivity contribution in [2.75, 3.05) is 20.7 Å². The van der Waals surface area contributed by atoms with Gasteiger partial charge in [-0.1, -0.05) is 18.5 Å². The Morgan fingerprint density at radius 3 is 2.14 bits per heavy atom. The minimum Gasteiger partial charge on any atom is -0.494 e. The van der Waals surface area contributed by atoms with Crippen LogP contribution >= 0.6 is 11.6 Å². The number of hydrogen-bond acceptors (Lipinski definition) is 2. The van der Waals surface area contributed by atoms with Crippen LogP contribution in [0.15, 0.2) is 24.3 Å². The molecule has 0 amide bonds. The van der Waals surface area contributed by atoms with Crippen molar-refractivity contribution in [3.8, 4) is 5.75 Å². The molecule has 0 bridgehead atoms. The Bertz CT molecular complexity index is 223. The molecule has 1 N–H and O–H groups in total. The third-order valence-electron chi connectivity index (χ3n) is 1.29. The minimum absolute atomic E-state index is 0.744. The quantitative estimate of drug-likeness (QED) is 0.837. The fourth-order valence-electron chi connectivity index (χ4n) is 0.751. The molecule has 1 aromatic rings. The van der Waals surface area contributed by atoms with E-state index in [9.17, 15) is 0 Å². The molecule has 0 unspecified atom stereocenters. The molecule has 1 aromatic carbocycles. The number of ether oxygens (including phenoxy) is 1. The minimum atomic E-state index is 0.744. The molecule has 0 aliphatic rings. The number of hydrogen-bond donors (Lipinski definition) is 1. The summed E-state index contributed by atoms with van der Waals surface area (Å²) in [5.74, 6) is 0.885. The van der Waals surface area contributed by atoms with Crippen LogP contribution in [-0.4, -0.2) is 20.7 Å². The van der Waals surface area contributed by atoms with Crippen molar-refractivity contribution in [1.29, 1.82) is 0 Å². The molecule has 0 heterocycles. The van der Waals surface area contributed by atoms with Gasteiger partial charge in [-0.25, -0.2) is 0 Å². The van der Waals surface area contributed by atoms with Gasteiger partial charge >= 0.3 is 0 Å². The van der Waals surface area contributed by atoms with Gasteiger partial charge in [-0.2, -0.15) is 0 Å². The van der Waals surface area contributed by atoms with E-state index in [-0.39, 0.29) is 0 Å². The van der Waals surface area contributed by atoms with Crippen LogP contribution in [0.3, 0.4) is 0 Å². The summed E-state index contributed by atoms with van der Waals surface area (Å²) in [4.78, 5) is 0. The molecule has 0 aromatic heterocycles. The van der Waals surface area contributed by atoms with Gasteiger partial charge in [0.1, 0.15) is 5.75 Å². The van der Waals surface area contributed by atoms with Crippen molar-refractivity contribution < 1.29 is 4.74 Å². The van der Waals surface area contributed by atoms with Gasteiger partial charge in [-0.3, -0.25) is 0 Å². The first-order chi connectivity index (χ1) is 6.74. The SMILES string of the molecule is CCCOc1ccc(Cl)cc1.CNC. The molecule has 0 atom stereocenters. The van der Waals surface area contributed by atoms with Crippen LogP contribution in [0.25, 0.3) is 0 Å². The van der Waals surface area contributed by atoms with Gasteiger partial charge in [-0.15, -0.1) is 0 Å². The second-order valence-corrected chi connectivity index (χ2v) is 3.24. The van der Waals surface area contributed by atoms with Crippen molar-refractivity contribution in [3.63, 3.8) is 0 Å². The lowest BCUT2D eigenvalue weighted by Crippen LogP contribution is -1.93. The standard InChI is InChI=1S/C9H11ClO.C2H7N/c1-2-7-11-9-5-3-8(10)4-6-9;1-3-2/h3-6H,2,7H2,1H3;3H,1-2H3. The Kier molecular flexibility index (Phi) is 8.39. The summed E-state index contributed by atoms with van der Waals surface area (Å²) in [5.41, 5.74) is 0. The van der Waals surface area contributed by atoms with Gasteiger partial charge in [0.2, 0.25) is 0 Å². The van der Waals surface area contributed by atoms with Gasteiger partial charge in [0.05, 0.1) is 6.61 Å². The summed E-state index contributed by atoms with van der Waals surface area (Å²) in [7, 11) is 3.75. The smallest absolute Gasteiger partial charge is 0.119 e. The van der Waals surface area contributed by atoms with Crippen molar-refractivity contribution in [2.45, 2.75) is 13.3 Å². The predicted molar refractivity (Wildman–Crippen MR) is 62.2 cm³/mol. The number of rotatable bonds is 3. The molecule has 0 fully saturated rings. The Hall–Kier alpha value is -0.730. The van der Waals surface area contributed by atoms with E-state index in [1.165, 1.54) is 0 Å². The van der Waals surface area contributed by atoms with Crippen molar-refractivity contribution >= 4 is 11.6 Å². The zero-order chi connectivity index (χ0) is 10.8. The van der Waals surface area contributed by atoms with Crippen LogP contribution in [0.4, 0.5) is 0 Å². The summed E-state index contributed by atoms with van der Waals surface area (Å²) in [6.07, 6.45) is 1.03. The lowest BCUT2D eigenvalue weighted by Gasteiger charge is -2.02. The van der Waals surface area contributed by atoms with Gasteiger partial charge in [0, 0.05) is 5.02 Å². The van der Waals surface area contributed by atoms with Gasteiger partial charge in [0.15, 0.2) is 0 Å². The normalized spacial score (nSPS) is 8.86. The maximum absolute atomic E-state index is 5.69. The molecule has 0 saturated carbocycles. The molecule has 0 radical (unpaired) electrons. The van der Waals surface area contributed by atoms with Gasteiger partial charge in [0.25, 0.3) is 0 Å². The highest BCUT2D eigenvalue weighted by Gasteiger charge is 1.90. The maximum Gasteiger partial charge on any atom is 0.119 e. The fourth-order valence-corrected chi connectivity index (χ4v) is 0.877. The molecule has 0 aliphatic carbocycles. The molecule has 3 heteroatoms. The summed E-state index contributed by atoms with van der Waals surface area (Å²) in [5, 5.41) is 3.49. The number of nitrogens with one attached hydrogen (secondary N) is 1. The first-order valence-electron chi connectivity index (χ1n) is 4.71. The second-order valence-electron chi connectivity index (χ2n) is 2.80. The van der Waals surface area contributed by atoms with Crippen LogP contribution < -0.4 is 10.1 Å². The molecule has 1 rings (SSSR count). The molecule has 14 heavy (non-hydrogen) atoms. The maximum atomic E-state index is 5.69. The molecule has 2 nitrogen and oxygen atoms in total. The molecule has 0 spiro atoms. The van der Waals surface area contributed by atoms with Gasteiger partial charge < -0.3 is 10.1 Å². The monoisotopic (exact) mass is 215 g/mol. The first-order valence-corrected chi connectivity index (χ1v) is 5.09. The molecular weight excluding hydrogens is 198 g/mol. The highest BCUT2D eigenvalue weighted by atomic mass is 35.5. The lowest BCUT2D eigenvalue weighted by molar-refractivity contribution is 0.317. The summed E-state index contributed by atoms with van der Waals surface area (Å²) < 4.78 is 5.35. The van der Waals surface area contributed by atoms with E-state index in [2.05, 4.69) is 12.2 Å². The zero-order valence-corrected chi connectivity index (χ0v) is 9.77. The van der Waals surface area contributed by atoms with E-state index in [0.29, 0.717) is 0 Å². The average Bonchev–Trinajstić information content (AvgIpc) is 2.18. The largest absolute Gasteiger partial charge is 0.494 e. The molecule has 80 valence electrons. The average molecular weight is 216 g/mol. The summed E-state index contributed by atoms with van der Waals surface area (Å²) in [6, 6.07) is 7.40. The third kappa shape index (κ3) is 6.75. The fraction of sp³-hybridized carbons (Fsp3) is 0.455. The number of benzene rings is 1. The summed E-state index contributed by atoms with van der Waals surface area (Å²) in [6.45, 7) is 2.84. The Morgan fingerprint density at radius 1 is 1.21 bits per heavy atom. The van der Waals surface area contributed by atoms with Crippen molar-refractivity contribution in [3.05, 3.63) is 29.3 Å². The van der Waals surface area contributed by atoms with Crippen LogP contribution in [0.1, 0.15) is 13.3 Å². The Balaban J connectivity index is 0.000000500. The topological polar surface area (TPSA) is 21.3 Å². The lowest BCUT2D eigenvalue weighted by atomic mass is 10.3. The molecule has 0 aliphatic heterocycles. The molecule has 0 saturated heterocycles. The zero-order valence-electron chi connectivity index (χ0n) is 9.01. The highest BCUT2D eigenvalue weighted by Crippen LogP contribution is 2.15. The molecular formula is C11H18ClNO. The van der Waals surface area contributed by atoms with Crippen molar-refractivity contribution in [1.82, 2.24) is 5.32 Å². The highest BCUT2D eigenvalue weighted by molar-refractivity contribution is 6.30.